The second kappa shape index (κ2) is 9.12. The van der Waals surface area contributed by atoms with E-state index in [4.69, 9.17) is 0 Å². The van der Waals surface area contributed by atoms with Gasteiger partial charge in [0.05, 0.1) is 13.0 Å². The van der Waals surface area contributed by atoms with E-state index in [9.17, 15) is 14.0 Å². The molecule has 0 radical (unpaired) electrons. The number of hydrogen-bond donors (Lipinski definition) is 0. The molecule has 6 heteroatoms. The van der Waals surface area contributed by atoms with Crippen LogP contribution < -0.4 is 0 Å². The van der Waals surface area contributed by atoms with Crippen molar-refractivity contribution in [1.29, 1.82) is 0 Å². The molecule has 0 aromatic heterocycles. The van der Waals surface area contributed by atoms with Gasteiger partial charge in [-0.25, -0.2) is 4.39 Å². The van der Waals surface area contributed by atoms with Gasteiger partial charge in [-0.05, 0) is 30.5 Å². The molecule has 1 aromatic rings. The lowest BCUT2D eigenvalue weighted by Gasteiger charge is -2.35. The number of carbonyl (C=O) groups excluding carboxylic acids is 2. The molecule has 0 unspecified atom stereocenters. The summed E-state index contributed by atoms with van der Waals surface area (Å²) in [5, 5.41) is 0. The summed E-state index contributed by atoms with van der Waals surface area (Å²) in [5.41, 5.74) is 0.703. The van der Waals surface area contributed by atoms with Crippen LogP contribution in [0.25, 0.3) is 0 Å². The normalized spacial score (nSPS) is 19.3. The summed E-state index contributed by atoms with van der Waals surface area (Å²) in [6.45, 7) is 4.90. The summed E-state index contributed by atoms with van der Waals surface area (Å²) >= 11 is 0. The summed E-state index contributed by atoms with van der Waals surface area (Å²) < 4.78 is 13.2. The number of halogens is 1. The minimum absolute atomic E-state index is 0.0223. The van der Waals surface area contributed by atoms with Gasteiger partial charge in [-0.1, -0.05) is 25.0 Å². The molecule has 0 bridgehead atoms. The van der Waals surface area contributed by atoms with Gasteiger partial charge in [0.2, 0.25) is 11.8 Å². The summed E-state index contributed by atoms with van der Waals surface area (Å²) in [6, 6.07) is 6.20. The third kappa shape index (κ3) is 5.27. The van der Waals surface area contributed by atoms with Crippen LogP contribution in [-0.4, -0.2) is 72.3 Å². The monoisotopic (exact) mass is 361 g/mol. The van der Waals surface area contributed by atoms with E-state index in [2.05, 4.69) is 4.90 Å². The van der Waals surface area contributed by atoms with Crippen molar-refractivity contribution < 1.29 is 14.0 Å². The van der Waals surface area contributed by atoms with Crippen LogP contribution in [0.1, 0.15) is 31.2 Å². The molecule has 0 spiro atoms. The Labute approximate surface area is 154 Å². The van der Waals surface area contributed by atoms with Gasteiger partial charge in [0.15, 0.2) is 0 Å². The first kappa shape index (κ1) is 18.8. The number of piperazine rings is 1. The van der Waals surface area contributed by atoms with Crippen molar-refractivity contribution >= 4 is 11.8 Å². The van der Waals surface area contributed by atoms with Crippen molar-refractivity contribution in [3.05, 3.63) is 35.6 Å². The number of nitrogens with zero attached hydrogens (tertiary/aromatic N) is 3. The van der Waals surface area contributed by atoms with Gasteiger partial charge < -0.3 is 9.80 Å². The van der Waals surface area contributed by atoms with Crippen molar-refractivity contribution in [2.24, 2.45) is 0 Å². The Kier molecular flexibility index (Phi) is 6.61. The summed E-state index contributed by atoms with van der Waals surface area (Å²) in [6.07, 6.45) is 4.87. The lowest BCUT2D eigenvalue weighted by Crippen LogP contribution is -2.52. The average molecular weight is 361 g/mol. The number of rotatable bonds is 4. The molecule has 2 fully saturated rings. The Hall–Kier alpha value is -1.95. The van der Waals surface area contributed by atoms with Crippen LogP contribution in [0.2, 0.25) is 0 Å². The highest BCUT2D eigenvalue weighted by molar-refractivity contribution is 5.79. The van der Waals surface area contributed by atoms with Gasteiger partial charge >= 0.3 is 0 Å². The minimum Gasteiger partial charge on any atom is -0.342 e. The fourth-order valence-corrected chi connectivity index (χ4v) is 3.70. The SMILES string of the molecule is O=C(Cc1cccc(F)c1)N1CCN(CC(=O)N2CCCCCC2)CC1. The maximum atomic E-state index is 13.2. The van der Waals surface area contributed by atoms with E-state index in [1.165, 1.54) is 25.0 Å². The highest BCUT2D eigenvalue weighted by Crippen LogP contribution is 2.12. The minimum atomic E-state index is -0.313. The molecule has 0 aliphatic carbocycles. The molecule has 3 rings (SSSR count). The van der Waals surface area contributed by atoms with Crippen LogP contribution in [0.15, 0.2) is 24.3 Å². The van der Waals surface area contributed by atoms with Crippen molar-refractivity contribution in [3.63, 3.8) is 0 Å². The average Bonchev–Trinajstić information content (AvgIpc) is 2.92. The van der Waals surface area contributed by atoms with Crippen LogP contribution in [0, 0.1) is 5.82 Å². The Balaban J connectivity index is 1.43. The Bertz CT molecular complexity index is 621. The van der Waals surface area contributed by atoms with E-state index < -0.39 is 0 Å². The second-order valence-electron chi connectivity index (χ2n) is 7.26. The van der Waals surface area contributed by atoms with Crippen LogP contribution in [-0.2, 0) is 16.0 Å². The van der Waals surface area contributed by atoms with Gasteiger partial charge in [0, 0.05) is 39.3 Å². The lowest BCUT2D eigenvalue weighted by atomic mass is 10.1. The summed E-state index contributed by atoms with van der Waals surface area (Å²) in [4.78, 5) is 30.8. The third-order valence-corrected chi connectivity index (χ3v) is 5.29. The standard InChI is InChI=1S/C20H28FN3O2/c21-18-7-5-6-17(14-18)15-19(25)24-12-10-22(11-13-24)16-20(26)23-8-3-1-2-4-9-23/h5-7,14H,1-4,8-13,15-16H2. The van der Waals surface area contributed by atoms with E-state index >= 15 is 0 Å². The third-order valence-electron chi connectivity index (χ3n) is 5.29. The molecule has 142 valence electrons. The fraction of sp³-hybridized carbons (Fsp3) is 0.600. The Morgan fingerprint density at radius 3 is 2.15 bits per heavy atom. The number of hydrogen-bond acceptors (Lipinski definition) is 3. The highest BCUT2D eigenvalue weighted by atomic mass is 19.1. The highest BCUT2D eigenvalue weighted by Gasteiger charge is 2.24. The van der Waals surface area contributed by atoms with E-state index in [1.54, 1.807) is 12.1 Å². The van der Waals surface area contributed by atoms with Crippen LogP contribution >= 0.6 is 0 Å². The fourth-order valence-electron chi connectivity index (χ4n) is 3.70. The lowest BCUT2D eigenvalue weighted by molar-refractivity contribution is -0.134. The molecular formula is C20H28FN3O2. The molecule has 26 heavy (non-hydrogen) atoms. The maximum Gasteiger partial charge on any atom is 0.236 e. The maximum absolute atomic E-state index is 13.2. The van der Waals surface area contributed by atoms with Crippen LogP contribution in [0.3, 0.4) is 0 Å². The smallest absolute Gasteiger partial charge is 0.236 e. The first-order chi connectivity index (χ1) is 12.6. The molecular weight excluding hydrogens is 333 g/mol. The van der Waals surface area contributed by atoms with Crippen LogP contribution in [0.5, 0.6) is 0 Å². The van der Waals surface area contributed by atoms with Gasteiger partial charge in [-0.2, -0.15) is 0 Å². The number of likely N-dealkylation sites (tertiary alicyclic amines) is 1. The van der Waals surface area contributed by atoms with E-state index in [0.717, 1.165) is 25.9 Å². The number of amides is 2. The summed E-state index contributed by atoms with van der Waals surface area (Å²) in [5.74, 6) is -0.0762. The molecule has 1 aromatic carbocycles. The van der Waals surface area contributed by atoms with E-state index in [0.29, 0.717) is 38.3 Å². The molecule has 2 heterocycles. The number of benzene rings is 1. The molecule has 0 atom stereocenters. The molecule has 2 aliphatic rings. The molecule has 0 saturated carbocycles. The van der Waals surface area contributed by atoms with E-state index in [-0.39, 0.29) is 24.1 Å². The Morgan fingerprint density at radius 2 is 1.50 bits per heavy atom. The van der Waals surface area contributed by atoms with Gasteiger partial charge in [-0.3, -0.25) is 14.5 Å². The van der Waals surface area contributed by atoms with Crippen LogP contribution in [0.4, 0.5) is 4.39 Å². The number of carbonyl (C=O) groups is 2. The Morgan fingerprint density at radius 1 is 0.846 bits per heavy atom. The van der Waals surface area contributed by atoms with Crippen molar-refractivity contribution in [2.45, 2.75) is 32.1 Å². The molecule has 2 aliphatic heterocycles. The van der Waals surface area contributed by atoms with E-state index in [1.807, 2.05) is 9.80 Å². The molecule has 2 amide bonds. The zero-order chi connectivity index (χ0) is 18.4. The van der Waals surface area contributed by atoms with Crippen molar-refractivity contribution in [3.8, 4) is 0 Å². The quantitative estimate of drug-likeness (QED) is 0.823. The predicted octanol–water partition coefficient (Wildman–Crippen LogP) is 1.91. The first-order valence-corrected chi connectivity index (χ1v) is 9.64. The topological polar surface area (TPSA) is 43.9 Å². The largest absolute Gasteiger partial charge is 0.342 e. The first-order valence-electron chi connectivity index (χ1n) is 9.64. The second-order valence-corrected chi connectivity index (χ2v) is 7.26. The molecule has 2 saturated heterocycles. The summed E-state index contributed by atoms with van der Waals surface area (Å²) in [7, 11) is 0. The predicted molar refractivity (Wildman–Crippen MR) is 98.2 cm³/mol. The van der Waals surface area contributed by atoms with Gasteiger partial charge in [0.25, 0.3) is 0 Å². The molecule has 0 N–H and O–H groups in total. The molecule has 5 nitrogen and oxygen atoms in total. The zero-order valence-electron chi connectivity index (χ0n) is 15.3. The zero-order valence-corrected chi connectivity index (χ0v) is 15.3. The van der Waals surface area contributed by atoms with Crippen molar-refractivity contribution in [2.75, 3.05) is 45.8 Å². The van der Waals surface area contributed by atoms with Crippen molar-refractivity contribution in [1.82, 2.24) is 14.7 Å². The van der Waals surface area contributed by atoms with Gasteiger partial charge in [0.1, 0.15) is 5.82 Å². The van der Waals surface area contributed by atoms with Gasteiger partial charge in [-0.15, -0.1) is 0 Å².